The van der Waals surface area contributed by atoms with E-state index in [-0.39, 0.29) is 66.6 Å². The number of carbonyl (C=O) groups is 6. The van der Waals surface area contributed by atoms with Gasteiger partial charge in [-0.1, -0.05) is 54.2 Å². The van der Waals surface area contributed by atoms with Crippen molar-refractivity contribution in [3.63, 3.8) is 0 Å². The summed E-state index contributed by atoms with van der Waals surface area (Å²) in [5, 5.41) is 42.9. The van der Waals surface area contributed by atoms with E-state index in [4.69, 9.17) is 36.7 Å². The first-order chi connectivity index (χ1) is 47.0. The SMILES string of the molecule is [C-]#[N+]c1cc(/C=C(\C(C)=O)C(=O)Nc2cccc(NC=O)c2)sc1/N=N/c1cc(OC)c(N(CC)CC)cc1Nc1nc(Nc2cc(N(CC)CC)c(OC)cc2/N=N/c2sc(/C=C(/C(C)=O)C(=O)Nc3cccc(C(N)=O)c3)c(S(=O)(=O)O)c2C#N)nc(SCc2ccccc2)n1. The molecule has 3 heterocycles. The van der Waals surface area contributed by atoms with Gasteiger partial charge >= 0.3 is 0 Å². The van der Waals surface area contributed by atoms with E-state index < -0.39 is 60.3 Å². The van der Waals surface area contributed by atoms with Gasteiger partial charge in [-0.25, -0.2) is 4.85 Å². The van der Waals surface area contributed by atoms with Crippen molar-refractivity contribution in [2.45, 2.75) is 57.3 Å². The predicted octanol–water partition coefficient (Wildman–Crippen LogP) is 13.9. The topological polar surface area (TPSA) is 384 Å². The highest BCUT2D eigenvalue weighted by atomic mass is 32.2. The number of thioether (sulfide) groups is 1. The summed E-state index contributed by atoms with van der Waals surface area (Å²) in [6, 6.07) is 31.4. The molecule has 0 bridgehead atoms. The lowest BCUT2D eigenvalue weighted by molar-refractivity contribution is -0.120. The van der Waals surface area contributed by atoms with E-state index in [1.165, 1.54) is 81.4 Å². The fraction of sp³-hybridized carbons (Fsp3) is 0.197. The van der Waals surface area contributed by atoms with Crippen molar-refractivity contribution in [2.75, 3.05) is 76.8 Å². The molecule has 0 aliphatic rings. The Morgan fingerprint density at radius 3 is 1.73 bits per heavy atom. The fourth-order valence-corrected chi connectivity index (χ4v) is 13.3. The first-order valence-corrected chi connectivity index (χ1v) is 33.7. The van der Waals surface area contributed by atoms with Gasteiger partial charge in [-0.2, -0.15) is 33.7 Å². The predicted molar refractivity (Wildman–Crippen MR) is 379 cm³/mol. The van der Waals surface area contributed by atoms with Crippen LogP contribution in [0, 0.1) is 17.9 Å². The van der Waals surface area contributed by atoms with Crippen molar-refractivity contribution in [3.8, 4) is 17.6 Å². The number of hydrogen-bond acceptors (Lipinski definition) is 25. The van der Waals surface area contributed by atoms with Gasteiger partial charge in [0.25, 0.3) is 21.9 Å². The third-order valence-corrected chi connectivity index (χ3v) is 18.2. The van der Waals surface area contributed by atoms with Crippen molar-refractivity contribution in [1.82, 2.24) is 15.0 Å². The van der Waals surface area contributed by atoms with Gasteiger partial charge in [0.2, 0.25) is 29.9 Å². The number of amides is 4. The summed E-state index contributed by atoms with van der Waals surface area (Å²) in [5.74, 6) is -2.85. The maximum absolute atomic E-state index is 13.7. The molecule has 98 heavy (non-hydrogen) atoms. The summed E-state index contributed by atoms with van der Waals surface area (Å²) in [5.41, 5.74) is 7.76. The molecule has 0 saturated carbocycles. The van der Waals surface area contributed by atoms with Gasteiger partial charge in [0.15, 0.2) is 21.7 Å². The minimum atomic E-state index is -5.28. The van der Waals surface area contributed by atoms with Gasteiger partial charge in [-0.3, -0.25) is 33.3 Å². The van der Waals surface area contributed by atoms with Crippen LogP contribution < -0.4 is 51.6 Å². The maximum atomic E-state index is 13.7. The second-order valence-corrected chi connectivity index (χ2v) is 24.9. The monoisotopic (exact) mass is 1400 g/mol. The molecule has 8 N–H and O–H groups in total. The van der Waals surface area contributed by atoms with Crippen LogP contribution >= 0.6 is 34.4 Å². The number of ketones is 2. The molecule has 0 radical (unpaired) electrons. The zero-order valence-electron chi connectivity index (χ0n) is 53.8. The van der Waals surface area contributed by atoms with Gasteiger partial charge in [0.05, 0.1) is 59.6 Å². The first-order valence-electron chi connectivity index (χ1n) is 29.6. The van der Waals surface area contributed by atoms with Crippen molar-refractivity contribution >= 4 is 171 Å². The summed E-state index contributed by atoms with van der Waals surface area (Å²) < 4.78 is 48.8. The number of benzene rings is 5. The number of nitrogens with two attached hydrogens (primary N) is 1. The van der Waals surface area contributed by atoms with Gasteiger partial charge in [-0.15, -0.1) is 38.0 Å². The number of anilines is 9. The van der Waals surface area contributed by atoms with E-state index in [1.54, 1.807) is 42.5 Å². The zero-order valence-corrected chi connectivity index (χ0v) is 57.1. The van der Waals surface area contributed by atoms with E-state index in [1.807, 2.05) is 67.8 Å². The standard InChI is InChI=1S/C66H63N17O11S4/c1-10-82(11-2)53-30-48(50(32-55(53)93-8)78-80-62-47(34-67)58(98(90,91)92)57(97-62)29-46(38(6)86)61(89)71-42-23-17-21-40(25-42)59(68)87)73-64-75-65(77-66(76-64)95-35-39-19-15-14-16-20-39)74-49-31-54(83(12-3)13-4)56(94-9)33-51(49)79-81-63-52(69-7)28-44(96-63)27-45(37(5)85)60(88)72-43-24-18-22-41(26-43)70-36-84/h14-33,36H,10-13,35H2,1-6,8-9H3,(H2,68,87)(H,70,84)(H,71,89)(H,72,88)(H,90,91,92)(H2,73,74,75,76,77)/b45-27+,46-29-,80-78+,81-79+. The van der Waals surface area contributed by atoms with Crippen molar-refractivity contribution in [1.29, 1.82) is 5.26 Å². The molecule has 3 aromatic heterocycles. The van der Waals surface area contributed by atoms with Crippen LogP contribution in [0.1, 0.15) is 72.8 Å². The summed E-state index contributed by atoms with van der Waals surface area (Å²) in [6.45, 7) is 20.3. The summed E-state index contributed by atoms with van der Waals surface area (Å²) in [7, 11) is -2.32. The van der Waals surface area contributed by atoms with Crippen molar-refractivity contribution in [2.24, 2.45) is 26.2 Å². The summed E-state index contributed by atoms with van der Waals surface area (Å²) in [6.07, 6.45) is 2.73. The van der Waals surface area contributed by atoms with Gasteiger partial charge in [0.1, 0.15) is 44.4 Å². The Balaban J connectivity index is 1.23. The Morgan fingerprint density at radius 1 is 0.704 bits per heavy atom. The number of nitrogens with one attached hydrogen (secondary N) is 5. The molecular formula is C66H63N17O11S4. The Kier molecular flexibility index (Phi) is 24.5. The van der Waals surface area contributed by atoms with Crippen LogP contribution in [0.2, 0.25) is 0 Å². The molecule has 5 aromatic carbocycles. The Labute approximate surface area is 575 Å². The van der Waals surface area contributed by atoms with Gasteiger partial charge in [-0.05, 0) is 114 Å². The Bertz CT molecular complexity index is 4720. The van der Waals surface area contributed by atoms with Crippen LogP contribution in [0.15, 0.2) is 151 Å². The average Bonchev–Trinajstić information content (AvgIpc) is 1.55. The molecule has 0 atom stereocenters. The average molecular weight is 1400 g/mol. The van der Waals surface area contributed by atoms with Crippen LogP contribution in [-0.2, 0) is 39.8 Å². The number of nitriles is 1. The van der Waals surface area contributed by atoms with E-state index in [0.29, 0.717) is 94.5 Å². The van der Waals surface area contributed by atoms with Gasteiger partial charge < -0.3 is 51.6 Å². The lowest BCUT2D eigenvalue weighted by Gasteiger charge is -2.25. The van der Waals surface area contributed by atoms with Crippen LogP contribution in [0.5, 0.6) is 11.5 Å². The highest BCUT2D eigenvalue weighted by Gasteiger charge is 2.30. The number of hydrogen-bond donors (Lipinski definition) is 7. The highest BCUT2D eigenvalue weighted by Crippen LogP contribution is 2.46. The minimum absolute atomic E-state index is 0.00800. The van der Waals surface area contributed by atoms with E-state index in [2.05, 4.69) is 51.9 Å². The molecule has 0 fully saturated rings. The van der Waals surface area contributed by atoms with E-state index in [0.717, 1.165) is 29.9 Å². The molecule has 8 rings (SSSR count). The molecule has 0 unspecified atom stereocenters. The normalized spacial score (nSPS) is 11.5. The molecule has 0 spiro atoms. The second kappa shape index (κ2) is 33.2. The Morgan fingerprint density at radius 2 is 1.23 bits per heavy atom. The number of primary amides is 1. The number of nitrogens with zero attached hydrogens (tertiary/aromatic N) is 11. The van der Waals surface area contributed by atoms with Gasteiger partial charge in [0, 0.05) is 71.6 Å². The van der Waals surface area contributed by atoms with Crippen LogP contribution in [0.4, 0.5) is 78.8 Å². The summed E-state index contributed by atoms with van der Waals surface area (Å²) in [4.78, 5) is 97.4. The maximum Gasteiger partial charge on any atom is 0.297 e. The Hall–Kier alpha value is -11.6. The second-order valence-electron chi connectivity index (χ2n) is 20.6. The minimum Gasteiger partial charge on any atom is -0.494 e. The van der Waals surface area contributed by atoms with Crippen molar-refractivity contribution < 1.29 is 51.2 Å². The van der Waals surface area contributed by atoms with Crippen LogP contribution in [0.3, 0.4) is 0 Å². The number of azo groups is 2. The van der Waals surface area contributed by atoms with Crippen molar-refractivity contribution in [3.05, 3.63) is 158 Å². The lowest BCUT2D eigenvalue weighted by atomic mass is 10.1. The first kappa shape index (κ1) is 72.3. The number of rotatable bonds is 31. The largest absolute Gasteiger partial charge is 0.494 e. The molecule has 4 amide bonds. The fourth-order valence-electron chi connectivity index (χ4n) is 9.51. The number of carbonyl (C=O) groups excluding carboxylic acids is 6. The third kappa shape index (κ3) is 18.1. The number of methoxy groups -OCH3 is 2. The van der Waals surface area contributed by atoms with Crippen LogP contribution in [-0.4, -0.2) is 104 Å². The molecule has 0 saturated heterocycles. The number of aromatic nitrogens is 3. The number of ether oxygens (including phenoxy) is 2. The highest BCUT2D eigenvalue weighted by molar-refractivity contribution is 7.98. The molecule has 8 aromatic rings. The molecule has 0 aliphatic heterocycles. The molecule has 0 aliphatic carbocycles. The smallest absolute Gasteiger partial charge is 0.297 e. The lowest BCUT2D eigenvalue weighted by Crippen LogP contribution is -2.22. The molecule has 502 valence electrons. The zero-order chi connectivity index (χ0) is 70.8. The molecular weight excluding hydrogens is 1340 g/mol. The number of thiophene rings is 2. The summed E-state index contributed by atoms with van der Waals surface area (Å²) >= 11 is 2.81. The number of Topliss-reactive ketones (excluding diaryl/α,β-unsaturated/α-hetero) is 2. The quantitative estimate of drug-likeness (QED) is 0.00310. The molecule has 32 heteroatoms. The van der Waals surface area contributed by atoms with E-state index >= 15 is 0 Å². The molecule has 28 nitrogen and oxygen atoms in total. The van der Waals surface area contributed by atoms with Crippen LogP contribution in [0.25, 0.3) is 17.0 Å². The third-order valence-electron chi connectivity index (χ3n) is 14.3. The van der Waals surface area contributed by atoms with E-state index in [9.17, 15) is 47.0 Å².